The van der Waals surface area contributed by atoms with Crippen LogP contribution in [0.5, 0.6) is 0 Å². The van der Waals surface area contributed by atoms with E-state index in [1.807, 2.05) is 0 Å². The first-order valence-electron chi connectivity index (χ1n) is 5.56. The zero-order valence-corrected chi connectivity index (χ0v) is 13.7. The Bertz CT molecular complexity index is 503. The van der Waals surface area contributed by atoms with Gasteiger partial charge >= 0.3 is 11.9 Å². The van der Waals surface area contributed by atoms with Crippen LogP contribution in [0.2, 0.25) is 0 Å². The van der Waals surface area contributed by atoms with E-state index in [0.717, 1.165) is 0 Å². The van der Waals surface area contributed by atoms with Crippen molar-refractivity contribution in [2.45, 2.75) is 0 Å². The molecule has 0 aliphatic heterocycles. The smallest absolute Gasteiger partial charge is 0.339 e. The SMILES string of the molecule is C=CCOC(=O)c1cc(Br)c(C(=O)OCC=C)cc1Br. The van der Waals surface area contributed by atoms with Gasteiger partial charge in [-0.15, -0.1) is 0 Å². The molecule has 6 heteroatoms. The van der Waals surface area contributed by atoms with Crippen LogP contribution in [-0.2, 0) is 9.47 Å². The van der Waals surface area contributed by atoms with Gasteiger partial charge in [0.2, 0.25) is 0 Å². The van der Waals surface area contributed by atoms with Gasteiger partial charge in [0.1, 0.15) is 13.2 Å². The predicted molar refractivity (Wildman–Crippen MR) is 82.8 cm³/mol. The molecule has 4 nitrogen and oxygen atoms in total. The van der Waals surface area contributed by atoms with E-state index in [2.05, 4.69) is 45.0 Å². The molecule has 0 amide bonds. The van der Waals surface area contributed by atoms with Gasteiger partial charge in [-0.1, -0.05) is 25.3 Å². The van der Waals surface area contributed by atoms with Crippen LogP contribution in [0.15, 0.2) is 46.4 Å². The van der Waals surface area contributed by atoms with E-state index < -0.39 is 11.9 Å². The Labute approximate surface area is 133 Å². The molecule has 0 heterocycles. The molecule has 0 spiro atoms. The minimum absolute atomic E-state index is 0.117. The molecule has 1 aromatic carbocycles. The molecule has 0 saturated heterocycles. The topological polar surface area (TPSA) is 52.6 Å². The van der Waals surface area contributed by atoms with Crippen LogP contribution in [0.1, 0.15) is 20.7 Å². The molecule has 1 rings (SSSR count). The second-order valence-electron chi connectivity index (χ2n) is 3.59. The molecular weight excluding hydrogens is 392 g/mol. The molecule has 106 valence electrons. The van der Waals surface area contributed by atoms with Crippen molar-refractivity contribution < 1.29 is 19.1 Å². The number of halogens is 2. The number of hydrogen-bond acceptors (Lipinski definition) is 4. The second-order valence-corrected chi connectivity index (χ2v) is 5.29. The minimum Gasteiger partial charge on any atom is -0.458 e. The minimum atomic E-state index is -0.511. The van der Waals surface area contributed by atoms with E-state index in [1.54, 1.807) is 0 Å². The van der Waals surface area contributed by atoms with E-state index in [1.165, 1.54) is 24.3 Å². The van der Waals surface area contributed by atoms with E-state index in [9.17, 15) is 9.59 Å². The lowest BCUT2D eigenvalue weighted by Crippen LogP contribution is -2.10. The Morgan fingerprint density at radius 3 is 1.60 bits per heavy atom. The number of carbonyl (C=O) groups excluding carboxylic acids is 2. The van der Waals surface area contributed by atoms with Crippen LogP contribution in [0, 0.1) is 0 Å². The maximum absolute atomic E-state index is 11.8. The zero-order chi connectivity index (χ0) is 15.1. The van der Waals surface area contributed by atoms with Gasteiger partial charge < -0.3 is 9.47 Å². The summed E-state index contributed by atoms with van der Waals surface area (Å²) in [6.07, 6.45) is 2.95. The highest BCUT2D eigenvalue weighted by atomic mass is 79.9. The summed E-state index contributed by atoms with van der Waals surface area (Å²) in [5, 5.41) is 0. The van der Waals surface area contributed by atoms with Gasteiger partial charge in [-0.25, -0.2) is 9.59 Å². The average Bonchev–Trinajstić information content (AvgIpc) is 2.44. The molecule has 1 aromatic rings. The third-order valence-corrected chi connectivity index (χ3v) is 3.47. The molecule has 20 heavy (non-hydrogen) atoms. The first kappa shape index (κ1) is 16.7. The molecule has 0 fully saturated rings. The zero-order valence-electron chi connectivity index (χ0n) is 10.5. The lowest BCUT2D eigenvalue weighted by atomic mass is 10.1. The van der Waals surface area contributed by atoms with Crippen molar-refractivity contribution in [3.8, 4) is 0 Å². The first-order chi connectivity index (χ1) is 9.51. The fraction of sp³-hybridized carbons (Fsp3) is 0.143. The first-order valence-corrected chi connectivity index (χ1v) is 7.15. The third-order valence-electron chi connectivity index (χ3n) is 2.16. The number of hydrogen-bond donors (Lipinski definition) is 0. The lowest BCUT2D eigenvalue weighted by molar-refractivity contribution is 0.0533. The second kappa shape index (κ2) is 8.01. The summed E-state index contributed by atoms with van der Waals surface area (Å²) in [5.41, 5.74) is 0.609. The van der Waals surface area contributed by atoms with Crippen LogP contribution in [0.4, 0.5) is 0 Å². The Balaban J connectivity index is 3.02. The summed E-state index contributed by atoms with van der Waals surface area (Å²) in [6, 6.07) is 3.00. The van der Waals surface area contributed by atoms with E-state index >= 15 is 0 Å². The van der Waals surface area contributed by atoms with Gasteiger partial charge in [-0.3, -0.25) is 0 Å². The molecule has 0 aromatic heterocycles. The predicted octanol–water partition coefficient (Wildman–Crippen LogP) is 3.90. The Kier molecular flexibility index (Phi) is 6.67. The highest BCUT2D eigenvalue weighted by Gasteiger charge is 2.18. The van der Waals surface area contributed by atoms with Crippen molar-refractivity contribution in [1.29, 1.82) is 0 Å². The normalized spacial score (nSPS) is 9.70. The standard InChI is InChI=1S/C14H12Br2O4/c1-3-5-19-13(17)9-7-12(16)10(8-11(9)15)14(18)20-6-4-2/h3-4,7-8H,1-2,5-6H2. The van der Waals surface area contributed by atoms with Crippen molar-refractivity contribution >= 4 is 43.8 Å². The summed E-state index contributed by atoms with van der Waals surface area (Å²) < 4.78 is 10.8. The maximum atomic E-state index is 11.8. The van der Waals surface area contributed by atoms with Crippen molar-refractivity contribution in [1.82, 2.24) is 0 Å². The highest BCUT2D eigenvalue weighted by Crippen LogP contribution is 2.27. The number of ether oxygens (including phenoxy) is 2. The summed E-state index contributed by atoms with van der Waals surface area (Å²) in [7, 11) is 0. The molecule has 0 aliphatic rings. The fourth-order valence-corrected chi connectivity index (χ4v) is 2.29. The molecule has 0 atom stereocenters. The molecular formula is C14H12Br2O4. The summed E-state index contributed by atoms with van der Waals surface area (Å²) in [4.78, 5) is 23.6. The van der Waals surface area contributed by atoms with Crippen molar-refractivity contribution in [2.24, 2.45) is 0 Å². The van der Waals surface area contributed by atoms with Crippen molar-refractivity contribution in [3.63, 3.8) is 0 Å². The summed E-state index contributed by atoms with van der Waals surface area (Å²) >= 11 is 6.47. The van der Waals surface area contributed by atoms with Gasteiger partial charge in [0.05, 0.1) is 11.1 Å². The van der Waals surface area contributed by atoms with E-state index in [-0.39, 0.29) is 13.2 Å². The average molecular weight is 404 g/mol. The molecule has 0 saturated carbocycles. The maximum Gasteiger partial charge on any atom is 0.339 e. The molecule has 0 N–H and O–H groups in total. The quantitative estimate of drug-likeness (QED) is 0.534. The van der Waals surface area contributed by atoms with Crippen molar-refractivity contribution in [2.75, 3.05) is 13.2 Å². The van der Waals surface area contributed by atoms with Gasteiger partial charge in [-0.05, 0) is 44.0 Å². The summed E-state index contributed by atoms with van der Waals surface area (Å²) in [6.45, 7) is 7.16. The number of benzene rings is 1. The Hall–Kier alpha value is -1.40. The fourth-order valence-electron chi connectivity index (χ4n) is 1.28. The Morgan fingerprint density at radius 2 is 1.30 bits per heavy atom. The Morgan fingerprint density at radius 1 is 0.950 bits per heavy atom. The van der Waals surface area contributed by atoms with Crippen molar-refractivity contribution in [3.05, 3.63) is 57.5 Å². The number of esters is 2. The monoisotopic (exact) mass is 402 g/mol. The molecule has 0 aliphatic carbocycles. The van der Waals surface area contributed by atoms with Crippen LogP contribution < -0.4 is 0 Å². The van der Waals surface area contributed by atoms with E-state index in [4.69, 9.17) is 9.47 Å². The number of rotatable bonds is 6. The molecule has 0 radical (unpaired) electrons. The summed E-state index contributed by atoms with van der Waals surface area (Å²) in [5.74, 6) is -1.02. The third kappa shape index (κ3) is 4.31. The highest BCUT2D eigenvalue weighted by molar-refractivity contribution is 9.11. The van der Waals surface area contributed by atoms with Gasteiger partial charge in [0.25, 0.3) is 0 Å². The van der Waals surface area contributed by atoms with Gasteiger partial charge in [-0.2, -0.15) is 0 Å². The molecule has 0 bridgehead atoms. The van der Waals surface area contributed by atoms with Crippen LogP contribution in [-0.4, -0.2) is 25.2 Å². The largest absolute Gasteiger partial charge is 0.458 e. The lowest BCUT2D eigenvalue weighted by Gasteiger charge is -2.09. The number of carbonyl (C=O) groups is 2. The van der Waals surface area contributed by atoms with Crippen LogP contribution in [0.25, 0.3) is 0 Å². The van der Waals surface area contributed by atoms with Gasteiger partial charge in [0.15, 0.2) is 0 Å². The van der Waals surface area contributed by atoms with Crippen LogP contribution >= 0.6 is 31.9 Å². The van der Waals surface area contributed by atoms with Crippen LogP contribution in [0.3, 0.4) is 0 Å². The van der Waals surface area contributed by atoms with Gasteiger partial charge in [0, 0.05) is 8.95 Å². The van der Waals surface area contributed by atoms with E-state index in [0.29, 0.717) is 20.1 Å². The molecule has 0 unspecified atom stereocenters.